The van der Waals surface area contributed by atoms with Gasteiger partial charge in [0.05, 0.1) is 22.8 Å². The molecule has 2 aromatic heterocycles. The number of aromatic nitrogens is 3. The van der Waals surface area contributed by atoms with Crippen molar-refractivity contribution >= 4 is 17.4 Å². The summed E-state index contributed by atoms with van der Waals surface area (Å²) in [7, 11) is 1.79. The number of hydrogen-bond acceptors (Lipinski definition) is 3. The van der Waals surface area contributed by atoms with Crippen molar-refractivity contribution in [3.63, 3.8) is 0 Å². The highest BCUT2D eigenvalue weighted by molar-refractivity contribution is 6.32. The van der Waals surface area contributed by atoms with Crippen molar-refractivity contribution < 1.29 is 4.79 Å². The van der Waals surface area contributed by atoms with Gasteiger partial charge in [-0.2, -0.15) is 5.10 Å². The predicted molar refractivity (Wildman–Crippen MR) is 74.7 cm³/mol. The Labute approximate surface area is 117 Å². The first-order valence-electron chi connectivity index (χ1n) is 6.04. The van der Waals surface area contributed by atoms with Crippen molar-refractivity contribution in [1.82, 2.24) is 14.8 Å². The van der Waals surface area contributed by atoms with E-state index in [1.807, 2.05) is 26.8 Å². The minimum absolute atomic E-state index is 0.0394. The van der Waals surface area contributed by atoms with Gasteiger partial charge in [0, 0.05) is 13.2 Å². The molecule has 0 amide bonds. The molecule has 0 radical (unpaired) electrons. The van der Waals surface area contributed by atoms with E-state index in [1.165, 1.54) is 0 Å². The van der Waals surface area contributed by atoms with Crippen molar-refractivity contribution in [2.24, 2.45) is 7.05 Å². The third-order valence-electron chi connectivity index (χ3n) is 3.07. The molecule has 0 bridgehead atoms. The molecular formula is C14H16ClN3O. The number of Topliss-reactive ketones (excluding diaryl/α,β-unsaturated/α-hetero) is 1. The Balaban J connectivity index is 2.31. The molecule has 0 N–H and O–H groups in total. The molecule has 0 saturated carbocycles. The Bertz CT molecular complexity index is 646. The molecule has 0 saturated heterocycles. The van der Waals surface area contributed by atoms with Gasteiger partial charge in [0.1, 0.15) is 5.69 Å². The second kappa shape index (κ2) is 5.13. The van der Waals surface area contributed by atoms with Crippen LogP contribution in [0.2, 0.25) is 5.02 Å². The average molecular weight is 278 g/mol. The molecule has 0 aliphatic rings. The Morgan fingerprint density at radius 2 is 2.05 bits per heavy atom. The van der Waals surface area contributed by atoms with E-state index < -0.39 is 0 Å². The van der Waals surface area contributed by atoms with Gasteiger partial charge < -0.3 is 0 Å². The van der Waals surface area contributed by atoms with Crippen LogP contribution in [0.1, 0.15) is 33.0 Å². The SMILES string of the molecule is Cc1cnc(C(=O)Cc2c(Cl)c(C)nn2C)c(C)c1. The molecule has 2 heterocycles. The normalized spacial score (nSPS) is 10.8. The lowest BCUT2D eigenvalue weighted by Crippen LogP contribution is -2.11. The second-order valence-corrected chi connectivity index (χ2v) is 5.13. The fourth-order valence-electron chi connectivity index (χ4n) is 2.12. The fraction of sp³-hybridized carbons (Fsp3) is 0.357. The molecule has 0 aromatic carbocycles. The van der Waals surface area contributed by atoms with Crippen molar-refractivity contribution in [2.45, 2.75) is 27.2 Å². The quantitative estimate of drug-likeness (QED) is 0.811. The van der Waals surface area contributed by atoms with Gasteiger partial charge >= 0.3 is 0 Å². The van der Waals surface area contributed by atoms with E-state index in [1.54, 1.807) is 17.9 Å². The van der Waals surface area contributed by atoms with E-state index >= 15 is 0 Å². The first-order chi connectivity index (χ1) is 8.90. The van der Waals surface area contributed by atoms with E-state index in [0.29, 0.717) is 10.7 Å². The highest BCUT2D eigenvalue weighted by Gasteiger charge is 2.18. The monoisotopic (exact) mass is 277 g/mol. The van der Waals surface area contributed by atoms with Crippen molar-refractivity contribution in [3.8, 4) is 0 Å². The van der Waals surface area contributed by atoms with Gasteiger partial charge in [-0.1, -0.05) is 17.7 Å². The fourth-order valence-corrected chi connectivity index (χ4v) is 2.34. The van der Waals surface area contributed by atoms with Crippen LogP contribution in [0.5, 0.6) is 0 Å². The minimum atomic E-state index is -0.0394. The summed E-state index contributed by atoms with van der Waals surface area (Å²) in [6, 6.07) is 1.95. The van der Waals surface area contributed by atoms with E-state index in [9.17, 15) is 4.79 Å². The lowest BCUT2D eigenvalue weighted by molar-refractivity contribution is 0.0985. The third-order valence-corrected chi connectivity index (χ3v) is 3.56. The summed E-state index contributed by atoms with van der Waals surface area (Å²) in [6.07, 6.45) is 1.92. The molecule has 2 aromatic rings. The Kier molecular flexibility index (Phi) is 3.71. The lowest BCUT2D eigenvalue weighted by atomic mass is 10.1. The maximum atomic E-state index is 12.3. The zero-order valence-electron chi connectivity index (χ0n) is 11.5. The summed E-state index contributed by atoms with van der Waals surface area (Å²) in [5.74, 6) is -0.0394. The van der Waals surface area contributed by atoms with E-state index in [-0.39, 0.29) is 12.2 Å². The zero-order chi connectivity index (χ0) is 14.2. The number of carbonyl (C=O) groups is 1. The van der Waals surface area contributed by atoms with Gasteiger partial charge in [0.2, 0.25) is 0 Å². The minimum Gasteiger partial charge on any atom is -0.292 e. The first-order valence-corrected chi connectivity index (χ1v) is 6.42. The van der Waals surface area contributed by atoms with E-state index in [0.717, 1.165) is 22.5 Å². The molecule has 100 valence electrons. The van der Waals surface area contributed by atoms with Crippen molar-refractivity contribution in [3.05, 3.63) is 45.5 Å². The first kappa shape index (κ1) is 13.7. The molecule has 0 spiro atoms. The van der Waals surface area contributed by atoms with Crippen LogP contribution in [0, 0.1) is 20.8 Å². The summed E-state index contributed by atoms with van der Waals surface area (Å²) < 4.78 is 1.65. The Morgan fingerprint density at radius 3 is 2.58 bits per heavy atom. The number of aryl methyl sites for hydroxylation is 4. The molecule has 4 nitrogen and oxygen atoms in total. The maximum Gasteiger partial charge on any atom is 0.187 e. The van der Waals surface area contributed by atoms with Gasteiger partial charge in [-0.15, -0.1) is 0 Å². The molecule has 2 rings (SSSR count). The van der Waals surface area contributed by atoms with Crippen LogP contribution in [-0.2, 0) is 13.5 Å². The molecule has 0 fully saturated rings. The number of halogens is 1. The molecule has 5 heteroatoms. The number of pyridine rings is 1. The largest absolute Gasteiger partial charge is 0.292 e. The number of rotatable bonds is 3. The van der Waals surface area contributed by atoms with Gasteiger partial charge in [-0.05, 0) is 31.9 Å². The highest BCUT2D eigenvalue weighted by atomic mass is 35.5. The number of ketones is 1. The highest BCUT2D eigenvalue weighted by Crippen LogP contribution is 2.21. The summed E-state index contributed by atoms with van der Waals surface area (Å²) in [5.41, 5.74) is 3.90. The average Bonchev–Trinajstić information content (AvgIpc) is 2.56. The van der Waals surface area contributed by atoms with Crippen LogP contribution in [-0.4, -0.2) is 20.5 Å². The Morgan fingerprint density at radius 1 is 1.37 bits per heavy atom. The van der Waals surface area contributed by atoms with E-state index in [4.69, 9.17) is 11.6 Å². The van der Waals surface area contributed by atoms with Crippen LogP contribution in [0.15, 0.2) is 12.3 Å². The molecule has 19 heavy (non-hydrogen) atoms. The number of nitrogens with zero attached hydrogens (tertiary/aromatic N) is 3. The number of carbonyl (C=O) groups excluding carboxylic acids is 1. The smallest absolute Gasteiger partial charge is 0.187 e. The molecular weight excluding hydrogens is 262 g/mol. The summed E-state index contributed by atoms with van der Waals surface area (Å²) in [4.78, 5) is 16.5. The topological polar surface area (TPSA) is 47.8 Å². The van der Waals surface area contributed by atoms with Gasteiger partial charge in [0.25, 0.3) is 0 Å². The zero-order valence-corrected chi connectivity index (χ0v) is 12.2. The molecule has 0 aliphatic carbocycles. The van der Waals surface area contributed by atoms with Gasteiger partial charge in [-0.25, -0.2) is 0 Å². The summed E-state index contributed by atoms with van der Waals surface area (Å²) in [6.45, 7) is 5.67. The van der Waals surface area contributed by atoms with E-state index in [2.05, 4.69) is 10.1 Å². The summed E-state index contributed by atoms with van der Waals surface area (Å²) >= 11 is 6.15. The predicted octanol–water partition coefficient (Wildman–Crippen LogP) is 2.82. The molecule has 0 atom stereocenters. The van der Waals surface area contributed by atoms with Crippen LogP contribution >= 0.6 is 11.6 Å². The van der Waals surface area contributed by atoms with Crippen molar-refractivity contribution in [2.75, 3.05) is 0 Å². The van der Waals surface area contributed by atoms with Crippen LogP contribution in [0.25, 0.3) is 0 Å². The maximum absolute atomic E-state index is 12.3. The number of hydrogen-bond donors (Lipinski definition) is 0. The summed E-state index contributed by atoms with van der Waals surface area (Å²) in [5, 5.41) is 4.76. The lowest BCUT2D eigenvalue weighted by Gasteiger charge is -2.06. The molecule has 0 unspecified atom stereocenters. The van der Waals surface area contributed by atoms with Crippen LogP contribution in [0.3, 0.4) is 0 Å². The standard InChI is InChI=1S/C14H16ClN3O/c1-8-5-9(2)14(16-7-8)12(19)6-11-13(15)10(3)17-18(11)4/h5,7H,6H2,1-4H3. The molecule has 0 aliphatic heterocycles. The van der Waals surface area contributed by atoms with Crippen LogP contribution < -0.4 is 0 Å². The van der Waals surface area contributed by atoms with Crippen molar-refractivity contribution in [1.29, 1.82) is 0 Å². The third kappa shape index (κ3) is 2.68. The van der Waals surface area contributed by atoms with Gasteiger partial charge in [-0.3, -0.25) is 14.5 Å². The van der Waals surface area contributed by atoms with Crippen LogP contribution in [0.4, 0.5) is 0 Å². The Hall–Kier alpha value is -1.68. The second-order valence-electron chi connectivity index (χ2n) is 4.75. The van der Waals surface area contributed by atoms with Gasteiger partial charge in [0.15, 0.2) is 5.78 Å².